The Hall–Kier alpha value is -2.32. The van der Waals surface area contributed by atoms with Gasteiger partial charge in [-0.3, -0.25) is 0 Å². The molecule has 4 N–H and O–H groups in total. The summed E-state index contributed by atoms with van der Waals surface area (Å²) in [5.41, 5.74) is 5.07. The Labute approximate surface area is 176 Å². The summed E-state index contributed by atoms with van der Waals surface area (Å²) >= 11 is 0. The van der Waals surface area contributed by atoms with Crippen molar-refractivity contribution in [3.05, 3.63) is 53.1 Å². The van der Waals surface area contributed by atoms with E-state index in [0.717, 1.165) is 40.4 Å². The SMILES string of the molecule is C[C@H]1O[C@@H](c2ccc(N(C)C)c(Cc3ccc4c(c3)NCCO4)c2)[C@H](O)[C@@H](O)[C@@H]1O. The first-order valence-electron chi connectivity index (χ1n) is 10.3. The molecule has 0 aromatic heterocycles. The number of aliphatic hydroxyl groups is 3. The topological polar surface area (TPSA) is 94.4 Å². The first-order chi connectivity index (χ1) is 14.3. The van der Waals surface area contributed by atoms with Crippen LogP contribution in [-0.4, -0.2) is 67.0 Å². The Morgan fingerprint density at radius 3 is 2.60 bits per heavy atom. The second kappa shape index (κ2) is 8.43. The average molecular weight is 415 g/mol. The Bertz CT molecular complexity index is 903. The fourth-order valence-electron chi connectivity index (χ4n) is 4.20. The highest BCUT2D eigenvalue weighted by atomic mass is 16.5. The zero-order valence-corrected chi connectivity index (χ0v) is 17.6. The molecule has 4 rings (SSSR count). The van der Waals surface area contributed by atoms with Crippen LogP contribution in [0.15, 0.2) is 36.4 Å². The van der Waals surface area contributed by atoms with Crippen LogP contribution in [0.2, 0.25) is 0 Å². The summed E-state index contributed by atoms with van der Waals surface area (Å²) < 4.78 is 11.5. The van der Waals surface area contributed by atoms with Crippen molar-refractivity contribution in [2.24, 2.45) is 0 Å². The van der Waals surface area contributed by atoms with E-state index < -0.39 is 30.5 Å². The number of fused-ring (bicyclic) bond motifs is 1. The van der Waals surface area contributed by atoms with Crippen molar-refractivity contribution >= 4 is 11.4 Å². The van der Waals surface area contributed by atoms with Gasteiger partial charge in [-0.25, -0.2) is 0 Å². The molecule has 2 aliphatic rings. The Morgan fingerprint density at radius 1 is 1.03 bits per heavy atom. The van der Waals surface area contributed by atoms with Crippen LogP contribution in [0, 0.1) is 0 Å². The number of hydrogen-bond donors (Lipinski definition) is 4. The van der Waals surface area contributed by atoms with Gasteiger partial charge in [0, 0.05) is 26.3 Å². The lowest BCUT2D eigenvalue weighted by molar-refractivity contribution is -0.219. The van der Waals surface area contributed by atoms with E-state index in [1.54, 1.807) is 6.92 Å². The van der Waals surface area contributed by atoms with E-state index in [1.807, 2.05) is 38.4 Å². The molecule has 0 amide bonds. The van der Waals surface area contributed by atoms with E-state index in [4.69, 9.17) is 9.47 Å². The molecule has 30 heavy (non-hydrogen) atoms. The van der Waals surface area contributed by atoms with Crippen molar-refractivity contribution in [3.8, 4) is 5.75 Å². The minimum Gasteiger partial charge on any atom is -0.490 e. The third-order valence-electron chi connectivity index (χ3n) is 5.88. The highest BCUT2D eigenvalue weighted by Gasteiger charge is 2.42. The molecular formula is C23H30N2O5. The number of nitrogens with one attached hydrogen (secondary N) is 1. The maximum Gasteiger partial charge on any atom is 0.142 e. The van der Waals surface area contributed by atoms with Gasteiger partial charge >= 0.3 is 0 Å². The summed E-state index contributed by atoms with van der Waals surface area (Å²) in [5, 5.41) is 34.1. The number of ether oxygens (including phenoxy) is 2. The molecule has 0 saturated carbocycles. The minimum atomic E-state index is -1.25. The normalized spacial score (nSPS) is 28.3. The molecule has 2 heterocycles. The molecule has 0 spiro atoms. The predicted octanol–water partition coefficient (Wildman–Crippen LogP) is 1.69. The number of benzene rings is 2. The molecule has 2 aromatic carbocycles. The number of nitrogens with zero attached hydrogens (tertiary/aromatic N) is 1. The molecule has 0 unspecified atom stereocenters. The molecule has 0 radical (unpaired) electrons. The zero-order chi connectivity index (χ0) is 21.4. The highest BCUT2D eigenvalue weighted by Crippen LogP contribution is 2.36. The predicted molar refractivity (Wildman–Crippen MR) is 115 cm³/mol. The van der Waals surface area contributed by atoms with Gasteiger partial charge < -0.3 is 35.0 Å². The lowest BCUT2D eigenvalue weighted by Crippen LogP contribution is -2.53. The monoisotopic (exact) mass is 414 g/mol. The molecule has 2 aromatic rings. The Balaban J connectivity index is 1.65. The molecule has 2 aliphatic heterocycles. The lowest BCUT2D eigenvalue weighted by atomic mass is 9.90. The van der Waals surface area contributed by atoms with E-state index in [1.165, 1.54) is 0 Å². The third-order valence-corrected chi connectivity index (χ3v) is 5.88. The van der Waals surface area contributed by atoms with Crippen molar-refractivity contribution in [1.29, 1.82) is 0 Å². The zero-order valence-electron chi connectivity index (χ0n) is 17.6. The fraction of sp³-hybridized carbons (Fsp3) is 0.478. The first kappa shape index (κ1) is 20.9. The van der Waals surface area contributed by atoms with Gasteiger partial charge in [-0.1, -0.05) is 18.2 Å². The van der Waals surface area contributed by atoms with Crippen LogP contribution >= 0.6 is 0 Å². The van der Waals surface area contributed by atoms with Crippen LogP contribution in [0.4, 0.5) is 11.4 Å². The third kappa shape index (κ3) is 3.98. The standard InChI is InChI=1S/C23H30N2O5/c1-13-20(26)21(27)22(28)23(30-13)15-5-6-18(25(2)3)16(12-15)10-14-4-7-19-17(11-14)24-8-9-29-19/h4-7,11-13,20-24,26-28H,8-10H2,1-3H3/t13-,20-,21+,22-,23+/m1/s1. The summed E-state index contributed by atoms with van der Waals surface area (Å²) in [6, 6.07) is 12.1. The largest absolute Gasteiger partial charge is 0.490 e. The first-order valence-corrected chi connectivity index (χ1v) is 10.3. The summed E-state index contributed by atoms with van der Waals surface area (Å²) in [6.45, 7) is 3.16. The molecular weight excluding hydrogens is 384 g/mol. The molecule has 0 bridgehead atoms. The summed E-state index contributed by atoms with van der Waals surface area (Å²) in [7, 11) is 3.99. The van der Waals surface area contributed by atoms with Crippen molar-refractivity contribution in [2.45, 2.75) is 43.9 Å². The van der Waals surface area contributed by atoms with Crippen molar-refractivity contribution in [2.75, 3.05) is 37.5 Å². The highest BCUT2D eigenvalue weighted by molar-refractivity contribution is 5.61. The van der Waals surface area contributed by atoms with Gasteiger partial charge in [-0.2, -0.15) is 0 Å². The number of aliphatic hydroxyl groups excluding tert-OH is 3. The van der Waals surface area contributed by atoms with Crippen LogP contribution in [0.25, 0.3) is 0 Å². The van der Waals surface area contributed by atoms with Crippen LogP contribution in [0.1, 0.15) is 29.7 Å². The van der Waals surface area contributed by atoms with Crippen LogP contribution in [-0.2, 0) is 11.2 Å². The maximum absolute atomic E-state index is 10.5. The second-order valence-corrected chi connectivity index (χ2v) is 8.30. The van der Waals surface area contributed by atoms with Gasteiger partial charge in [0.15, 0.2) is 0 Å². The van der Waals surface area contributed by atoms with E-state index in [-0.39, 0.29) is 0 Å². The number of hydrogen-bond acceptors (Lipinski definition) is 7. The summed E-state index contributed by atoms with van der Waals surface area (Å²) in [6.07, 6.45) is -4.13. The maximum atomic E-state index is 10.5. The average Bonchev–Trinajstić information content (AvgIpc) is 2.74. The fourth-order valence-corrected chi connectivity index (χ4v) is 4.20. The molecule has 7 nitrogen and oxygen atoms in total. The molecule has 7 heteroatoms. The van der Waals surface area contributed by atoms with Gasteiger partial charge in [0.2, 0.25) is 0 Å². The van der Waals surface area contributed by atoms with E-state index >= 15 is 0 Å². The van der Waals surface area contributed by atoms with Gasteiger partial charge in [0.1, 0.15) is 36.8 Å². The summed E-state index contributed by atoms with van der Waals surface area (Å²) in [5.74, 6) is 0.867. The molecule has 0 aliphatic carbocycles. The molecule has 5 atom stereocenters. The van der Waals surface area contributed by atoms with Gasteiger partial charge in [-0.15, -0.1) is 0 Å². The molecule has 1 fully saturated rings. The Kier molecular flexibility index (Phi) is 5.88. The van der Waals surface area contributed by atoms with E-state index in [2.05, 4.69) is 22.3 Å². The minimum absolute atomic E-state index is 0.572. The molecule has 162 valence electrons. The summed E-state index contributed by atoms with van der Waals surface area (Å²) in [4.78, 5) is 2.05. The van der Waals surface area contributed by atoms with Gasteiger partial charge in [0.05, 0.1) is 11.8 Å². The smallest absolute Gasteiger partial charge is 0.142 e. The lowest BCUT2D eigenvalue weighted by Gasteiger charge is -2.39. The molecule has 1 saturated heterocycles. The van der Waals surface area contributed by atoms with Crippen LogP contribution in [0.5, 0.6) is 5.75 Å². The van der Waals surface area contributed by atoms with Gasteiger partial charge in [0.25, 0.3) is 0 Å². The number of anilines is 2. The van der Waals surface area contributed by atoms with Crippen LogP contribution < -0.4 is 15.0 Å². The van der Waals surface area contributed by atoms with Gasteiger partial charge in [-0.05, 0) is 48.2 Å². The van der Waals surface area contributed by atoms with E-state index in [0.29, 0.717) is 13.0 Å². The quantitative estimate of drug-likeness (QED) is 0.605. The van der Waals surface area contributed by atoms with Crippen molar-refractivity contribution in [3.63, 3.8) is 0 Å². The second-order valence-electron chi connectivity index (χ2n) is 8.30. The van der Waals surface area contributed by atoms with E-state index in [9.17, 15) is 15.3 Å². The van der Waals surface area contributed by atoms with Crippen molar-refractivity contribution in [1.82, 2.24) is 0 Å². The van der Waals surface area contributed by atoms with Crippen molar-refractivity contribution < 1.29 is 24.8 Å². The Morgan fingerprint density at radius 2 is 1.83 bits per heavy atom. The van der Waals surface area contributed by atoms with Crippen LogP contribution in [0.3, 0.4) is 0 Å². The number of rotatable bonds is 4.